The van der Waals surface area contributed by atoms with Crippen molar-refractivity contribution in [2.24, 2.45) is 10.2 Å². The third-order valence-corrected chi connectivity index (χ3v) is 5.55. The minimum atomic E-state index is -0.791. The number of rotatable bonds is 12. The van der Waals surface area contributed by atoms with E-state index in [0.717, 1.165) is 53.6 Å². The van der Waals surface area contributed by atoms with Gasteiger partial charge in [-0.25, -0.2) is 4.39 Å². The van der Waals surface area contributed by atoms with Crippen molar-refractivity contribution >= 4 is 11.9 Å². The minimum Gasteiger partial charge on any atom is -0.247 e. The fourth-order valence-electron chi connectivity index (χ4n) is 3.72. The molecule has 0 spiro atoms. The number of aryl methyl sites for hydroxylation is 1. The summed E-state index contributed by atoms with van der Waals surface area (Å²) in [5.41, 5.74) is 6.09. The van der Waals surface area contributed by atoms with Crippen molar-refractivity contribution in [2.75, 3.05) is 0 Å². The normalized spacial score (nSPS) is 12.7. The second-order valence-corrected chi connectivity index (χ2v) is 8.27. The summed E-state index contributed by atoms with van der Waals surface area (Å²) in [7, 11) is 0. The van der Waals surface area contributed by atoms with E-state index in [1.807, 2.05) is 67.6 Å². The van der Waals surface area contributed by atoms with Gasteiger partial charge in [-0.15, -0.1) is 11.7 Å². The summed E-state index contributed by atoms with van der Waals surface area (Å²) in [4.78, 5) is 0. The van der Waals surface area contributed by atoms with Gasteiger partial charge in [0.1, 0.15) is 11.9 Å². The molecule has 33 heavy (non-hydrogen) atoms. The van der Waals surface area contributed by atoms with Crippen molar-refractivity contribution in [2.45, 2.75) is 51.6 Å². The van der Waals surface area contributed by atoms with Crippen LogP contribution in [0.25, 0.3) is 0 Å². The van der Waals surface area contributed by atoms with Crippen LogP contribution in [0.3, 0.4) is 0 Å². The lowest BCUT2D eigenvalue weighted by Gasteiger charge is -2.09. The molecule has 3 aromatic carbocycles. The summed E-state index contributed by atoms with van der Waals surface area (Å²) in [6.45, 7) is 5.79. The van der Waals surface area contributed by atoms with Gasteiger partial charge in [-0.3, -0.25) is 0 Å². The van der Waals surface area contributed by atoms with Crippen molar-refractivity contribution < 1.29 is 4.39 Å². The molecular formula is C30H33FN2. The van der Waals surface area contributed by atoms with Gasteiger partial charge in [-0.1, -0.05) is 98.3 Å². The number of benzene rings is 3. The number of allylic oxidation sites excluding steroid dienone is 1. The molecule has 0 aliphatic carbocycles. The molecule has 3 rings (SSSR count). The van der Waals surface area contributed by atoms with Crippen molar-refractivity contribution in [3.63, 3.8) is 0 Å². The van der Waals surface area contributed by atoms with E-state index in [2.05, 4.69) is 41.0 Å². The Kier molecular flexibility index (Phi) is 9.78. The van der Waals surface area contributed by atoms with Gasteiger partial charge in [0, 0.05) is 17.5 Å². The highest BCUT2D eigenvalue weighted by atomic mass is 19.1. The van der Waals surface area contributed by atoms with Gasteiger partial charge in [0.25, 0.3) is 0 Å². The monoisotopic (exact) mass is 440 g/mol. The topological polar surface area (TPSA) is 24.7 Å². The first-order valence-electron chi connectivity index (χ1n) is 11.8. The molecule has 0 radical (unpaired) electrons. The Hall–Kier alpha value is -3.33. The quantitative estimate of drug-likeness (QED) is 0.119. The molecule has 0 aromatic heterocycles. The lowest BCUT2D eigenvalue weighted by atomic mass is 9.99. The van der Waals surface area contributed by atoms with E-state index in [4.69, 9.17) is 0 Å². The van der Waals surface area contributed by atoms with Crippen molar-refractivity contribution in [3.05, 3.63) is 119 Å². The first-order chi connectivity index (χ1) is 16.2. The SMILES string of the molecule is C=CCCCc1ccc(C=NN=C(c2ccccc2)c2ccc(CC(F)CCC)cc2)cc1. The summed E-state index contributed by atoms with van der Waals surface area (Å²) < 4.78 is 14.0. The maximum Gasteiger partial charge on any atom is 0.104 e. The average molecular weight is 441 g/mol. The van der Waals surface area contributed by atoms with Gasteiger partial charge in [-0.05, 0) is 42.4 Å². The number of hydrogen-bond acceptors (Lipinski definition) is 2. The Balaban J connectivity index is 1.76. The van der Waals surface area contributed by atoms with Gasteiger partial charge in [0.15, 0.2) is 0 Å². The van der Waals surface area contributed by atoms with E-state index in [-0.39, 0.29) is 0 Å². The van der Waals surface area contributed by atoms with Crippen LogP contribution in [0.2, 0.25) is 0 Å². The van der Waals surface area contributed by atoms with E-state index < -0.39 is 6.17 Å². The Labute approximate surface area is 197 Å². The Morgan fingerprint density at radius 2 is 1.58 bits per heavy atom. The van der Waals surface area contributed by atoms with Crippen molar-refractivity contribution in [1.29, 1.82) is 0 Å². The van der Waals surface area contributed by atoms with Gasteiger partial charge < -0.3 is 0 Å². The zero-order valence-corrected chi connectivity index (χ0v) is 19.5. The fraction of sp³-hybridized carbons (Fsp3) is 0.267. The van der Waals surface area contributed by atoms with Gasteiger partial charge >= 0.3 is 0 Å². The molecule has 1 atom stereocenters. The molecule has 0 fully saturated rings. The molecule has 170 valence electrons. The van der Waals surface area contributed by atoms with Crippen LogP contribution in [-0.4, -0.2) is 18.1 Å². The van der Waals surface area contributed by atoms with E-state index in [0.29, 0.717) is 12.8 Å². The van der Waals surface area contributed by atoms with E-state index in [1.54, 1.807) is 6.21 Å². The predicted molar refractivity (Wildman–Crippen MR) is 139 cm³/mol. The van der Waals surface area contributed by atoms with Crippen LogP contribution in [-0.2, 0) is 12.8 Å². The second kappa shape index (κ2) is 13.3. The largest absolute Gasteiger partial charge is 0.247 e. The van der Waals surface area contributed by atoms with Crippen LogP contribution in [0.5, 0.6) is 0 Å². The van der Waals surface area contributed by atoms with E-state index in [9.17, 15) is 4.39 Å². The molecule has 3 heteroatoms. The number of unbranched alkanes of at least 4 members (excludes halogenated alkanes) is 1. The van der Waals surface area contributed by atoms with Crippen LogP contribution in [0.1, 0.15) is 60.4 Å². The lowest BCUT2D eigenvalue weighted by molar-refractivity contribution is 0.310. The summed E-state index contributed by atoms with van der Waals surface area (Å²) in [6.07, 6.45) is 8.07. The molecule has 3 aromatic rings. The van der Waals surface area contributed by atoms with Gasteiger partial charge in [0.05, 0.1) is 6.21 Å². The van der Waals surface area contributed by atoms with Gasteiger partial charge in [-0.2, -0.15) is 5.10 Å². The highest BCUT2D eigenvalue weighted by molar-refractivity contribution is 6.13. The van der Waals surface area contributed by atoms with E-state index >= 15 is 0 Å². The third-order valence-electron chi connectivity index (χ3n) is 5.55. The first kappa shape index (κ1) is 24.3. The number of halogens is 1. The Bertz CT molecular complexity index is 1030. The number of alkyl halides is 1. The third kappa shape index (κ3) is 7.94. The van der Waals surface area contributed by atoms with Crippen LogP contribution < -0.4 is 0 Å². The molecule has 1 unspecified atom stereocenters. The maximum atomic E-state index is 14.0. The summed E-state index contributed by atoms with van der Waals surface area (Å²) in [5.74, 6) is 0. The Morgan fingerprint density at radius 1 is 0.909 bits per heavy atom. The van der Waals surface area contributed by atoms with Crippen LogP contribution >= 0.6 is 0 Å². The summed E-state index contributed by atoms with van der Waals surface area (Å²) >= 11 is 0. The molecule has 0 aliphatic rings. The maximum absolute atomic E-state index is 14.0. The zero-order chi connectivity index (χ0) is 23.3. The molecule has 2 nitrogen and oxygen atoms in total. The average Bonchev–Trinajstić information content (AvgIpc) is 2.84. The van der Waals surface area contributed by atoms with Crippen LogP contribution in [0.4, 0.5) is 4.39 Å². The standard InChI is InChI=1S/C30H33FN2/c1-3-5-7-11-24-14-16-26(17-15-24)23-32-33-30(27-12-8-6-9-13-27)28-20-18-25(19-21-28)22-29(31)10-4-2/h3,6,8-9,12-21,23,29H,1,4-5,7,10-11,22H2,2H3. The molecule has 0 amide bonds. The lowest BCUT2D eigenvalue weighted by Crippen LogP contribution is -2.06. The number of nitrogens with zero attached hydrogens (tertiary/aromatic N) is 2. The fourth-order valence-corrected chi connectivity index (χ4v) is 3.72. The highest BCUT2D eigenvalue weighted by Crippen LogP contribution is 2.16. The Morgan fingerprint density at radius 3 is 2.24 bits per heavy atom. The zero-order valence-electron chi connectivity index (χ0n) is 19.5. The molecular weight excluding hydrogens is 407 g/mol. The second-order valence-electron chi connectivity index (χ2n) is 8.27. The van der Waals surface area contributed by atoms with Crippen molar-refractivity contribution in [1.82, 2.24) is 0 Å². The minimum absolute atomic E-state index is 0.452. The van der Waals surface area contributed by atoms with Gasteiger partial charge in [0.2, 0.25) is 0 Å². The van der Waals surface area contributed by atoms with E-state index in [1.165, 1.54) is 5.56 Å². The summed E-state index contributed by atoms with van der Waals surface area (Å²) in [6, 6.07) is 26.4. The molecule has 0 saturated carbocycles. The molecule has 0 heterocycles. The molecule has 0 aliphatic heterocycles. The molecule has 0 N–H and O–H groups in total. The first-order valence-corrected chi connectivity index (χ1v) is 11.8. The predicted octanol–water partition coefficient (Wildman–Crippen LogP) is 7.75. The van der Waals surface area contributed by atoms with Crippen LogP contribution in [0, 0.1) is 0 Å². The van der Waals surface area contributed by atoms with Crippen LogP contribution in [0.15, 0.2) is 102 Å². The molecule has 0 saturated heterocycles. The number of hydrogen-bond donors (Lipinski definition) is 0. The highest BCUT2D eigenvalue weighted by Gasteiger charge is 2.10. The van der Waals surface area contributed by atoms with Crippen molar-refractivity contribution in [3.8, 4) is 0 Å². The molecule has 0 bridgehead atoms. The summed E-state index contributed by atoms with van der Waals surface area (Å²) in [5, 5.41) is 8.95. The smallest absolute Gasteiger partial charge is 0.104 e.